The lowest BCUT2D eigenvalue weighted by Crippen LogP contribution is -2.23. The average molecular weight is 347 g/mol. The molecule has 0 aliphatic carbocycles. The van der Waals surface area contributed by atoms with E-state index in [0.29, 0.717) is 5.69 Å². The molecule has 0 fully saturated rings. The van der Waals surface area contributed by atoms with Crippen LogP contribution >= 0.6 is 0 Å². The molecule has 0 spiro atoms. The Kier molecular flexibility index (Phi) is 5.17. The van der Waals surface area contributed by atoms with Crippen molar-refractivity contribution in [3.05, 3.63) is 66.7 Å². The number of rotatable bonds is 5. The molecule has 2 amide bonds. The molecule has 0 unspecified atom stereocenters. The number of benzene rings is 3. The van der Waals surface area contributed by atoms with Gasteiger partial charge in [-0.1, -0.05) is 30.3 Å². The highest BCUT2D eigenvalue weighted by Gasteiger charge is 2.06. The number of anilines is 3. The Morgan fingerprint density at radius 3 is 2.23 bits per heavy atom. The Morgan fingerprint density at radius 1 is 0.885 bits per heavy atom. The Balaban J connectivity index is 1.57. The van der Waals surface area contributed by atoms with Gasteiger partial charge in [-0.15, -0.1) is 0 Å². The summed E-state index contributed by atoms with van der Waals surface area (Å²) in [5.41, 5.74) is 2.37. The third kappa shape index (κ3) is 4.19. The molecule has 5 nitrogen and oxygen atoms in total. The molecule has 26 heavy (non-hydrogen) atoms. The Bertz CT molecular complexity index is 935. The van der Waals surface area contributed by atoms with Crippen molar-refractivity contribution in [2.45, 2.75) is 6.92 Å². The van der Waals surface area contributed by atoms with Gasteiger partial charge in [0.1, 0.15) is 0 Å². The second-order valence-electron chi connectivity index (χ2n) is 6.09. The first kappa shape index (κ1) is 17.5. The van der Waals surface area contributed by atoms with E-state index in [2.05, 4.69) is 16.7 Å². The molecule has 3 rings (SSSR count). The van der Waals surface area contributed by atoms with Crippen LogP contribution in [0, 0.1) is 0 Å². The number of nitrogens with zero attached hydrogens (tertiary/aromatic N) is 1. The number of nitrogens with one attached hydrogen (secondary N) is 2. The minimum Gasteiger partial charge on any atom is -0.376 e. The van der Waals surface area contributed by atoms with Crippen molar-refractivity contribution in [1.82, 2.24) is 0 Å². The largest absolute Gasteiger partial charge is 0.376 e. The molecule has 0 aromatic heterocycles. The van der Waals surface area contributed by atoms with Crippen molar-refractivity contribution in [2.75, 3.05) is 29.1 Å². The quantitative estimate of drug-likeness (QED) is 0.736. The Labute approximate surface area is 152 Å². The summed E-state index contributed by atoms with van der Waals surface area (Å²) in [4.78, 5) is 25.0. The normalized spacial score (nSPS) is 10.4. The maximum atomic E-state index is 12.1. The van der Waals surface area contributed by atoms with Crippen LogP contribution in [0.5, 0.6) is 0 Å². The Hall–Kier alpha value is -3.34. The summed E-state index contributed by atoms with van der Waals surface area (Å²) in [5, 5.41) is 8.27. The van der Waals surface area contributed by atoms with E-state index in [1.165, 1.54) is 6.92 Å². The summed E-state index contributed by atoms with van der Waals surface area (Å²) in [6.07, 6.45) is 0. The van der Waals surface area contributed by atoms with Gasteiger partial charge in [0.05, 0.1) is 6.54 Å². The van der Waals surface area contributed by atoms with E-state index >= 15 is 0 Å². The van der Waals surface area contributed by atoms with Crippen LogP contribution < -0.4 is 15.5 Å². The molecule has 0 saturated heterocycles. The maximum Gasteiger partial charge on any atom is 0.243 e. The highest BCUT2D eigenvalue weighted by atomic mass is 16.2. The van der Waals surface area contributed by atoms with E-state index < -0.39 is 0 Å². The molecule has 2 N–H and O–H groups in total. The number of amides is 2. The highest BCUT2D eigenvalue weighted by Crippen LogP contribution is 2.19. The van der Waals surface area contributed by atoms with Crippen molar-refractivity contribution < 1.29 is 9.59 Å². The van der Waals surface area contributed by atoms with Gasteiger partial charge in [0.15, 0.2) is 0 Å². The molecule has 5 heteroatoms. The monoisotopic (exact) mass is 347 g/mol. The van der Waals surface area contributed by atoms with E-state index in [-0.39, 0.29) is 18.4 Å². The van der Waals surface area contributed by atoms with E-state index in [0.717, 1.165) is 22.1 Å². The van der Waals surface area contributed by atoms with E-state index in [1.807, 2.05) is 36.4 Å². The van der Waals surface area contributed by atoms with Crippen LogP contribution in [0.1, 0.15) is 6.92 Å². The SMILES string of the molecule is CC(=O)N(C)c1ccc(NC(=O)CNc2ccc3ccccc3c2)cc1. The summed E-state index contributed by atoms with van der Waals surface area (Å²) in [6.45, 7) is 1.68. The third-order valence-corrected chi connectivity index (χ3v) is 4.21. The zero-order valence-corrected chi connectivity index (χ0v) is 14.8. The summed E-state index contributed by atoms with van der Waals surface area (Å²) in [7, 11) is 1.71. The van der Waals surface area contributed by atoms with Crippen LogP contribution in [0.15, 0.2) is 66.7 Å². The van der Waals surface area contributed by atoms with Crippen LogP contribution in [0.4, 0.5) is 17.1 Å². The number of fused-ring (bicyclic) bond motifs is 1. The lowest BCUT2D eigenvalue weighted by atomic mass is 10.1. The van der Waals surface area contributed by atoms with Crippen molar-refractivity contribution >= 4 is 39.6 Å². The zero-order valence-electron chi connectivity index (χ0n) is 14.8. The molecular formula is C21H21N3O2. The van der Waals surface area contributed by atoms with E-state index in [1.54, 1.807) is 36.2 Å². The van der Waals surface area contributed by atoms with Crippen LogP contribution in [-0.4, -0.2) is 25.4 Å². The number of carbonyl (C=O) groups excluding carboxylic acids is 2. The van der Waals surface area contributed by atoms with Gasteiger partial charge in [-0.2, -0.15) is 0 Å². The van der Waals surface area contributed by atoms with Gasteiger partial charge in [-0.3, -0.25) is 9.59 Å². The van der Waals surface area contributed by atoms with Crippen molar-refractivity contribution in [1.29, 1.82) is 0 Å². The predicted molar refractivity (Wildman–Crippen MR) is 107 cm³/mol. The number of hydrogen-bond donors (Lipinski definition) is 2. The number of carbonyl (C=O) groups is 2. The summed E-state index contributed by atoms with van der Waals surface area (Å²) in [5.74, 6) is -0.174. The lowest BCUT2D eigenvalue weighted by molar-refractivity contribution is -0.116. The molecule has 0 bridgehead atoms. The van der Waals surface area contributed by atoms with Gasteiger partial charge in [-0.25, -0.2) is 0 Å². The molecular weight excluding hydrogens is 326 g/mol. The van der Waals surface area contributed by atoms with E-state index in [9.17, 15) is 9.59 Å². The van der Waals surface area contributed by atoms with E-state index in [4.69, 9.17) is 0 Å². The first-order valence-electron chi connectivity index (χ1n) is 8.40. The standard InChI is InChI=1S/C21H21N3O2/c1-15(25)24(2)20-11-9-18(10-12-20)23-21(26)14-22-19-8-7-16-5-3-4-6-17(16)13-19/h3-13,22H,14H2,1-2H3,(H,23,26). The summed E-state index contributed by atoms with van der Waals surface area (Å²) in [6, 6.07) is 21.3. The van der Waals surface area contributed by atoms with Crippen LogP contribution in [0.25, 0.3) is 10.8 Å². The number of hydrogen-bond acceptors (Lipinski definition) is 3. The zero-order chi connectivity index (χ0) is 18.5. The van der Waals surface area contributed by atoms with Crippen molar-refractivity contribution in [3.63, 3.8) is 0 Å². The molecule has 0 heterocycles. The van der Waals surface area contributed by atoms with Gasteiger partial charge in [0.25, 0.3) is 0 Å². The predicted octanol–water partition coefficient (Wildman–Crippen LogP) is 3.87. The second-order valence-corrected chi connectivity index (χ2v) is 6.09. The maximum absolute atomic E-state index is 12.1. The molecule has 0 aliphatic rings. The fourth-order valence-corrected chi connectivity index (χ4v) is 2.64. The fraction of sp³-hybridized carbons (Fsp3) is 0.143. The molecule has 132 valence electrons. The molecule has 0 aliphatic heterocycles. The lowest BCUT2D eigenvalue weighted by Gasteiger charge is -2.15. The smallest absolute Gasteiger partial charge is 0.243 e. The average Bonchev–Trinajstić information content (AvgIpc) is 2.66. The summed E-state index contributed by atoms with van der Waals surface area (Å²) >= 11 is 0. The topological polar surface area (TPSA) is 61.4 Å². The van der Waals surface area contributed by atoms with Gasteiger partial charge in [0, 0.05) is 31.0 Å². The van der Waals surface area contributed by atoms with Crippen molar-refractivity contribution in [3.8, 4) is 0 Å². The van der Waals surface area contributed by atoms with Crippen LogP contribution in [0.2, 0.25) is 0 Å². The van der Waals surface area contributed by atoms with Gasteiger partial charge in [0.2, 0.25) is 11.8 Å². The highest BCUT2D eigenvalue weighted by molar-refractivity contribution is 5.95. The van der Waals surface area contributed by atoms with Gasteiger partial charge >= 0.3 is 0 Å². The summed E-state index contributed by atoms with van der Waals surface area (Å²) < 4.78 is 0. The first-order valence-corrected chi connectivity index (χ1v) is 8.40. The van der Waals surface area contributed by atoms with Crippen LogP contribution in [0.3, 0.4) is 0 Å². The fourth-order valence-electron chi connectivity index (χ4n) is 2.64. The Morgan fingerprint density at radius 2 is 1.54 bits per heavy atom. The molecule has 0 saturated carbocycles. The van der Waals surface area contributed by atoms with Gasteiger partial charge in [-0.05, 0) is 47.2 Å². The first-order chi connectivity index (χ1) is 12.5. The third-order valence-electron chi connectivity index (χ3n) is 4.21. The molecule has 3 aromatic carbocycles. The molecule has 0 radical (unpaired) electrons. The second kappa shape index (κ2) is 7.70. The minimum absolute atomic E-state index is 0.0404. The van der Waals surface area contributed by atoms with Gasteiger partial charge < -0.3 is 15.5 Å². The van der Waals surface area contributed by atoms with Crippen LogP contribution in [-0.2, 0) is 9.59 Å². The van der Waals surface area contributed by atoms with Crippen molar-refractivity contribution in [2.24, 2.45) is 0 Å². The minimum atomic E-state index is -0.133. The molecule has 3 aromatic rings. The molecule has 0 atom stereocenters.